The van der Waals surface area contributed by atoms with Gasteiger partial charge in [0.1, 0.15) is 0 Å². The summed E-state index contributed by atoms with van der Waals surface area (Å²) in [7, 11) is 0. The lowest BCUT2D eigenvalue weighted by Crippen LogP contribution is -2.34. The second-order valence-corrected chi connectivity index (χ2v) is 4.99. The summed E-state index contributed by atoms with van der Waals surface area (Å²) in [5.41, 5.74) is 2.30. The van der Waals surface area contributed by atoms with Gasteiger partial charge < -0.3 is 10.0 Å². The van der Waals surface area contributed by atoms with Gasteiger partial charge in [-0.3, -0.25) is 4.98 Å². The number of pyridine rings is 1. The summed E-state index contributed by atoms with van der Waals surface area (Å²) in [5, 5.41) is 10.3. The Labute approximate surface area is 107 Å². The van der Waals surface area contributed by atoms with Crippen LogP contribution < -0.4 is 4.90 Å². The van der Waals surface area contributed by atoms with Crippen LogP contribution in [0.4, 0.5) is 5.69 Å². The molecule has 1 aromatic carbocycles. The van der Waals surface area contributed by atoms with Crippen LogP contribution in [0.15, 0.2) is 36.5 Å². The third-order valence-electron chi connectivity index (χ3n) is 3.83. The zero-order chi connectivity index (χ0) is 12.4. The molecule has 3 rings (SSSR count). The fourth-order valence-electron chi connectivity index (χ4n) is 2.63. The molecule has 1 saturated heterocycles. The number of rotatable bonds is 2. The molecule has 94 valence electrons. The standard InChI is InChI=1S/C15H18N2O/c18-11-12-5-8-17(9-6-12)14-4-3-13-2-1-7-16-15(13)10-14/h1-4,7,10,12,18H,5-6,8-9,11H2. The van der Waals surface area contributed by atoms with Crippen LogP contribution in [0.1, 0.15) is 12.8 Å². The Bertz CT molecular complexity index is 533. The van der Waals surface area contributed by atoms with Crippen LogP contribution in [0.3, 0.4) is 0 Å². The number of piperidine rings is 1. The van der Waals surface area contributed by atoms with Crippen LogP contribution in [-0.2, 0) is 0 Å². The summed E-state index contributed by atoms with van der Waals surface area (Å²) < 4.78 is 0. The maximum atomic E-state index is 9.16. The summed E-state index contributed by atoms with van der Waals surface area (Å²) in [6.45, 7) is 2.39. The lowest BCUT2D eigenvalue weighted by molar-refractivity contribution is 0.203. The van der Waals surface area contributed by atoms with E-state index in [2.05, 4.69) is 34.1 Å². The van der Waals surface area contributed by atoms with Gasteiger partial charge in [0, 0.05) is 37.0 Å². The van der Waals surface area contributed by atoms with Gasteiger partial charge >= 0.3 is 0 Å². The van der Waals surface area contributed by atoms with Crippen molar-refractivity contribution in [1.82, 2.24) is 4.98 Å². The van der Waals surface area contributed by atoms with E-state index in [0.717, 1.165) is 31.4 Å². The Balaban J connectivity index is 1.82. The first-order valence-electron chi connectivity index (χ1n) is 6.57. The number of aromatic nitrogens is 1. The highest BCUT2D eigenvalue weighted by atomic mass is 16.3. The number of anilines is 1. The van der Waals surface area contributed by atoms with Crippen LogP contribution in [0.5, 0.6) is 0 Å². The second kappa shape index (κ2) is 4.94. The molecule has 0 bridgehead atoms. The first-order chi connectivity index (χ1) is 8.86. The fraction of sp³-hybridized carbons (Fsp3) is 0.400. The minimum absolute atomic E-state index is 0.327. The van der Waals surface area contributed by atoms with E-state index >= 15 is 0 Å². The molecule has 1 aromatic heterocycles. The average Bonchev–Trinajstić information content (AvgIpc) is 2.47. The first-order valence-corrected chi connectivity index (χ1v) is 6.57. The van der Waals surface area contributed by atoms with E-state index in [0.29, 0.717) is 12.5 Å². The van der Waals surface area contributed by atoms with Gasteiger partial charge in [-0.15, -0.1) is 0 Å². The first kappa shape index (κ1) is 11.5. The summed E-state index contributed by atoms with van der Waals surface area (Å²) >= 11 is 0. The van der Waals surface area contributed by atoms with Crippen LogP contribution in [0, 0.1) is 5.92 Å². The molecule has 0 unspecified atom stereocenters. The average molecular weight is 242 g/mol. The van der Waals surface area contributed by atoms with E-state index in [1.54, 1.807) is 0 Å². The van der Waals surface area contributed by atoms with E-state index in [1.165, 1.54) is 11.1 Å². The molecule has 0 atom stereocenters. The van der Waals surface area contributed by atoms with Gasteiger partial charge in [0.25, 0.3) is 0 Å². The minimum Gasteiger partial charge on any atom is -0.396 e. The summed E-state index contributed by atoms with van der Waals surface area (Å²) in [6.07, 6.45) is 4.00. The molecular weight excluding hydrogens is 224 g/mol. The Kier molecular flexibility index (Phi) is 3.15. The van der Waals surface area contributed by atoms with Crippen molar-refractivity contribution in [3.05, 3.63) is 36.5 Å². The summed E-state index contributed by atoms with van der Waals surface area (Å²) in [5.74, 6) is 0.486. The normalized spacial score (nSPS) is 17.3. The number of fused-ring (bicyclic) bond motifs is 1. The molecule has 3 nitrogen and oxygen atoms in total. The molecule has 18 heavy (non-hydrogen) atoms. The zero-order valence-corrected chi connectivity index (χ0v) is 10.4. The lowest BCUT2D eigenvalue weighted by atomic mass is 9.97. The van der Waals surface area contributed by atoms with Crippen molar-refractivity contribution in [2.45, 2.75) is 12.8 Å². The molecule has 0 aliphatic carbocycles. The van der Waals surface area contributed by atoms with Crippen molar-refractivity contribution in [2.75, 3.05) is 24.6 Å². The molecule has 1 fully saturated rings. The highest BCUT2D eigenvalue weighted by Crippen LogP contribution is 2.25. The smallest absolute Gasteiger partial charge is 0.0722 e. The van der Waals surface area contributed by atoms with Gasteiger partial charge in [-0.2, -0.15) is 0 Å². The SMILES string of the molecule is OCC1CCN(c2ccc3cccnc3c2)CC1. The van der Waals surface area contributed by atoms with E-state index in [1.807, 2.05) is 12.3 Å². The maximum absolute atomic E-state index is 9.16. The van der Waals surface area contributed by atoms with E-state index in [4.69, 9.17) is 5.11 Å². The van der Waals surface area contributed by atoms with E-state index in [-0.39, 0.29) is 0 Å². The van der Waals surface area contributed by atoms with Gasteiger partial charge in [-0.25, -0.2) is 0 Å². The molecule has 1 aliphatic rings. The molecule has 0 saturated carbocycles. The molecule has 3 heteroatoms. The van der Waals surface area contributed by atoms with Crippen LogP contribution in [0.2, 0.25) is 0 Å². The molecule has 2 aromatic rings. The zero-order valence-electron chi connectivity index (χ0n) is 10.4. The Morgan fingerprint density at radius 3 is 2.83 bits per heavy atom. The number of hydrogen-bond donors (Lipinski definition) is 1. The number of aliphatic hydroxyl groups excluding tert-OH is 1. The molecule has 1 aliphatic heterocycles. The largest absolute Gasteiger partial charge is 0.396 e. The van der Waals surface area contributed by atoms with Crippen molar-refractivity contribution in [1.29, 1.82) is 0 Å². The van der Waals surface area contributed by atoms with Gasteiger partial charge in [0.05, 0.1) is 5.52 Å². The second-order valence-electron chi connectivity index (χ2n) is 4.99. The van der Waals surface area contributed by atoms with Gasteiger partial charge in [0.15, 0.2) is 0 Å². The Morgan fingerprint density at radius 2 is 2.06 bits per heavy atom. The quantitative estimate of drug-likeness (QED) is 0.878. The molecule has 2 heterocycles. The predicted molar refractivity (Wildman–Crippen MR) is 73.8 cm³/mol. The summed E-state index contributed by atoms with van der Waals surface area (Å²) in [6, 6.07) is 10.5. The van der Waals surface area contributed by atoms with Crippen LogP contribution >= 0.6 is 0 Å². The van der Waals surface area contributed by atoms with Crippen molar-refractivity contribution in [2.24, 2.45) is 5.92 Å². The van der Waals surface area contributed by atoms with Crippen molar-refractivity contribution in [3.63, 3.8) is 0 Å². The van der Waals surface area contributed by atoms with Crippen LogP contribution in [-0.4, -0.2) is 29.8 Å². The van der Waals surface area contributed by atoms with Gasteiger partial charge in [-0.1, -0.05) is 12.1 Å². The van der Waals surface area contributed by atoms with Crippen molar-refractivity contribution < 1.29 is 5.11 Å². The van der Waals surface area contributed by atoms with Gasteiger partial charge in [0.2, 0.25) is 0 Å². The minimum atomic E-state index is 0.327. The highest BCUT2D eigenvalue weighted by molar-refractivity contribution is 5.82. The van der Waals surface area contributed by atoms with Crippen molar-refractivity contribution in [3.8, 4) is 0 Å². The van der Waals surface area contributed by atoms with E-state index in [9.17, 15) is 0 Å². The topological polar surface area (TPSA) is 36.4 Å². The molecular formula is C15H18N2O. The van der Waals surface area contributed by atoms with Crippen molar-refractivity contribution >= 4 is 16.6 Å². The predicted octanol–water partition coefficient (Wildman–Crippen LogP) is 2.44. The van der Waals surface area contributed by atoms with Gasteiger partial charge in [-0.05, 0) is 37.0 Å². The Morgan fingerprint density at radius 1 is 1.22 bits per heavy atom. The highest BCUT2D eigenvalue weighted by Gasteiger charge is 2.18. The molecule has 1 N–H and O–H groups in total. The third-order valence-corrected chi connectivity index (χ3v) is 3.83. The molecule has 0 spiro atoms. The summed E-state index contributed by atoms with van der Waals surface area (Å²) in [4.78, 5) is 6.79. The maximum Gasteiger partial charge on any atom is 0.0722 e. The van der Waals surface area contributed by atoms with Crippen LogP contribution in [0.25, 0.3) is 10.9 Å². The number of hydrogen-bond acceptors (Lipinski definition) is 3. The number of aliphatic hydroxyl groups is 1. The Hall–Kier alpha value is -1.61. The third kappa shape index (κ3) is 2.18. The molecule has 0 amide bonds. The number of benzene rings is 1. The van der Waals surface area contributed by atoms with E-state index < -0.39 is 0 Å². The fourth-order valence-corrected chi connectivity index (χ4v) is 2.63. The number of nitrogens with zero attached hydrogens (tertiary/aromatic N) is 2. The monoisotopic (exact) mass is 242 g/mol. The lowest BCUT2D eigenvalue weighted by Gasteiger charge is -2.32. The molecule has 0 radical (unpaired) electrons.